The molecule has 1 aliphatic carbocycles. The van der Waals surface area contributed by atoms with Crippen molar-refractivity contribution in [3.05, 3.63) is 47.3 Å². The molecule has 0 radical (unpaired) electrons. The van der Waals surface area contributed by atoms with E-state index >= 15 is 0 Å². The average molecular weight is 493 g/mol. The summed E-state index contributed by atoms with van der Waals surface area (Å²) in [5, 5.41) is 3.34. The molecule has 1 aromatic rings. The SMILES string of the molecule is C=C(C=NC(C)=NCC)OC[C@@]1(/C(=C/C)CCC(CF)OC)CC1C(=O)Nc1ccc(Cl)cn1. The molecular formula is C25H34ClFN4O3. The van der Waals surface area contributed by atoms with Crippen LogP contribution in [0.1, 0.15) is 40.0 Å². The standard InChI is InChI=1S/C25H34ClFN4O3/c1-6-19(8-10-21(13-27)33-5)25(16-34-17(3)14-29-18(4)28-7-2)12-22(25)24(32)31-23-11-9-20(26)15-30-23/h6,9,11,14-15,21-22H,3,7-8,10,12-13,16H2,1-2,4-5H3,(H,30,31,32)/b19-6+,28-18?,29-14?/t21?,22?,25-/m1/s1. The summed E-state index contributed by atoms with van der Waals surface area (Å²) < 4.78 is 24.3. The highest BCUT2D eigenvalue weighted by Crippen LogP contribution is 2.59. The third-order valence-corrected chi connectivity index (χ3v) is 6.12. The lowest BCUT2D eigenvalue weighted by Gasteiger charge is -2.23. The number of hydrogen-bond acceptors (Lipinski definition) is 5. The molecule has 9 heteroatoms. The maximum Gasteiger partial charge on any atom is 0.229 e. The monoisotopic (exact) mass is 492 g/mol. The minimum absolute atomic E-state index is 0.156. The lowest BCUT2D eigenvalue weighted by Crippen LogP contribution is -2.25. The first-order valence-corrected chi connectivity index (χ1v) is 11.7. The Morgan fingerprint density at radius 1 is 1.50 bits per heavy atom. The van der Waals surface area contributed by atoms with Gasteiger partial charge in [-0.2, -0.15) is 0 Å². The molecule has 0 spiro atoms. The van der Waals surface area contributed by atoms with Crippen LogP contribution in [0, 0.1) is 11.3 Å². The van der Waals surface area contributed by atoms with E-state index in [4.69, 9.17) is 21.1 Å². The van der Waals surface area contributed by atoms with Crippen molar-refractivity contribution in [1.82, 2.24) is 4.98 Å². The van der Waals surface area contributed by atoms with E-state index in [1.807, 2.05) is 19.9 Å². The van der Waals surface area contributed by atoms with Gasteiger partial charge in [0.2, 0.25) is 5.91 Å². The quantitative estimate of drug-likeness (QED) is 0.172. The number of carbonyl (C=O) groups is 1. The zero-order valence-electron chi connectivity index (χ0n) is 20.3. The summed E-state index contributed by atoms with van der Waals surface area (Å²) >= 11 is 5.88. The van der Waals surface area contributed by atoms with Crippen LogP contribution in [-0.2, 0) is 14.3 Å². The highest BCUT2D eigenvalue weighted by Gasteiger charge is 2.60. The number of halogens is 2. The van der Waals surface area contributed by atoms with Crippen molar-refractivity contribution in [2.75, 3.05) is 32.3 Å². The number of carbonyl (C=O) groups excluding carboxylic acids is 1. The van der Waals surface area contributed by atoms with E-state index in [9.17, 15) is 9.18 Å². The molecule has 3 atom stereocenters. The van der Waals surface area contributed by atoms with E-state index in [1.165, 1.54) is 19.5 Å². The van der Waals surface area contributed by atoms with Crippen molar-refractivity contribution in [3.8, 4) is 0 Å². The van der Waals surface area contributed by atoms with Crippen LogP contribution in [0.15, 0.2) is 52.3 Å². The van der Waals surface area contributed by atoms with E-state index in [-0.39, 0.29) is 18.4 Å². The smallest absolute Gasteiger partial charge is 0.229 e. The van der Waals surface area contributed by atoms with Crippen LogP contribution in [0.25, 0.3) is 0 Å². The minimum atomic E-state index is -0.560. The summed E-state index contributed by atoms with van der Waals surface area (Å²) in [6.45, 7) is 9.90. The molecule has 1 N–H and O–H groups in total. The summed E-state index contributed by atoms with van der Waals surface area (Å²) in [5.74, 6) is 0.959. The van der Waals surface area contributed by atoms with Gasteiger partial charge < -0.3 is 14.8 Å². The van der Waals surface area contributed by atoms with Crippen LogP contribution in [-0.4, -0.2) is 56.0 Å². The summed E-state index contributed by atoms with van der Waals surface area (Å²) in [7, 11) is 1.50. The molecule has 1 aliphatic rings. The van der Waals surface area contributed by atoms with Gasteiger partial charge >= 0.3 is 0 Å². The van der Waals surface area contributed by atoms with Gasteiger partial charge in [0.1, 0.15) is 24.1 Å². The first kappa shape index (κ1) is 27.7. The molecule has 1 saturated carbocycles. The largest absolute Gasteiger partial charge is 0.492 e. The maximum atomic E-state index is 13.2. The summed E-state index contributed by atoms with van der Waals surface area (Å²) in [4.78, 5) is 25.6. The molecule has 1 heterocycles. The van der Waals surface area contributed by atoms with Crippen molar-refractivity contribution in [2.45, 2.75) is 46.1 Å². The summed E-state index contributed by atoms with van der Waals surface area (Å²) in [5.41, 5.74) is 0.504. The number of alkyl halides is 1. The van der Waals surface area contributed by atoms with Crippen LogP contribution in [0.4, 0.5) is 10.2 Å². The fraction of sp³-hybridized carbons (Fsp3) is 0.520. The number of aromatic nitrogens is 1. The normalized spacial score (nSPS) is 21.4. The number of allylic oxidation sites excluding steroid dienone is 2. The highest BCUT2D eigenvalue weighted by atomic mass is 35.5. The van der Waals surface area contributed by atoms with E-state index in [1.54, 1.807) is 19.1 Å². The topological polar surface area (TPSA) is 85.2 Å². The number of methoxy groups -OCH3 is 1. The number of pyridine rings is 1. The molecular weight excluding hydrogens is 459 g/mol. The lowest BCUT2D eigenvalue weighted by molar-refractivity contribution is -0.118. The van der Waals surface area contributed by atoms with E-state index in [2.05, 4.69) is 26.9 Å². The maximum absolute atomic E-state index is 13.2. The number of nitrogens with one attached hydrogen (secondary N) is 1. The van der Waals surface area contributed by atoms with Crippen LogP contribution in [0.3, 0.4) is 0 Å². The van der Waals surface area contributed by atoms with Gasteiger partial charge in [-0.1, -0.05) is 29.8 Å². The zero-order valence-corrected chi connectivity index (χ0v) is 21.1. The van der Waals surface area contributed by atoms with Gasteiger partial charge in [-0.3, -0.25) is 9.79 Å². The van der Waals surface area contributed by atoms with Crippen LogP contribution in [0.2, 0.25) is 5.02 Å². The van der Waals surface area contributed by atoms with Crippen molar-refractivity contribution in [2.24, 2.45) is 21.3 Å². The molecule has 2 unspecified atom stereocenters. The highest BCUT2D eigenvalue weighted by molar-refractivity contribution is 6.30. The van der Waals surface area contributed by atoms with Gasteiger partial charge in [-0.15, -0.1) is 0 Å². The summed E-state index contributed by atoms with van der Waals surface area (Å²) in [6.07, 6.45) is 6.20. The fourth-order valence-corrected chi connectivity index (χ4v) is 3.98. The molecule has 0 saturated heterocycles. The molecule has 7 nitrogen and oxygen atoms in total. The zero-order chi connectivity index (χ0) is 25.1. The Balaban J connectivity index is 2.15. The van der Waals surface area contributed by atoms with Crippen molar-refractivity contribution >= 4 is 35.4 Å². The average Bonchev–Trinajstić information content (AvgIpc) is 3.56. The lowest BCUT2D eigenvalue weighted by atomic mass is 9.88. The Hall–Kier alpha value is -2.58. The number of hydrogen-bond donors (Lipinski definition) is 1. The predicted octanol–water partition coefficient (Wildman–Crippen LogP) is 5.43. The molecule has 1 fully saturated rings. The second-order valence-corrected chi connectivity index (χ2v) is 8.60. The third-order valence-electron chi connectivity index (χ3n) is 5.90. The van der Waals surface area contributed by atoms with Gasteiger partial charge in [0, 0.05) is 25.3 Å². The van der Waals surface area contributed by atoms with E-state index < -0.39 is 18.2 Å². The number of amides is 1. The third kappa shape index (κ3) is 7.74. The number of aliphatic imine (C=N–C) groups is 2. The van der Waals surface area contributed by atoms with Gasteiger partial charge in [0.15, 0.2) is 0 Å². The Kier molecular flexibility index (Phi) is 10.9. The first-order chi connectivity index (χ1) is 16.3. The van der Waals surface area contributed by atoms with E-state index in [0.717, 1.165) is 5.57 Å². The molecule has 186 valence electrons. The van der Waals surface area contributed by atoms with Crippen LogP contribution >= 0.6 is 11.6 Å². The van der Waals surface area contributed by atoms with Gasteiger partial charge in [0.25, 0.3) is 0 Å². The fourth-order valence-electron chi connectivity index (χ4n) is 3.87. The van der Waals surface area contributed by atoms with Crippen molar-refractivity contribution in [1.29, 1.82) is 0 Å². The van der Waals surface area contributed by atoms with Gasteiger partial charge in [-0.05, 0) is 52.2 Å². The molecule has 0 aromatic carbocycles. The van der Waals surface area contributed by atoms with Crippen LogP contribution in [0.5, 0.6) is 0 Å². The Bertz CT molecular complexity index is 929. The Morgan fingerprint density at radius 2 is 2.26 bits per heavy atom. The first-order valence-electron chi connectivity index (χ1n) is 11.3. The summed E-state index contributed by atoms with van der Waals surface area (Å²) in [6, 6.07) is 3.32. The molecule has 1 amide bonds. The second-order valence-electron chi connectivity index (χ2n) is 8.16. The van der Waals surface area contributed by atoms with Crippen molar-refractivity contribution in [3.63, 3.8) is 0 Å². The van der Waals surface area contributed by atoms with Gasteiger partial charge in [0.05, 0.1) is 29.9 Å². The molecule has 34 heavy (non-hydrogen) atoms. The number of nitrogens with zero attached hydrogens (tertiary/aromatic N) is 3. The molecule has 2 rings (SSSR count). The van der Waals surface area contributed by atoms with Gasteiger partial charge in [-0.25, -0.2) is 14.4 Å². The number of anilines is 1. The predicted molar refractivity (Wildman–Crippen MR) is 135 cm³/mol. The number of rotatable bonds is 13. The minimum Gasteiger partial charge on any atom is -0.492 e. The molecule has 0 bridgehead atoms. The Morgan fingerprint density at radius 3 is 2.85 bits per heavy atom. The van der Waals surface area contributed by atoms with Crippen molar-refractivity contribution < 1.29 is 18.7 Å². The Labute approximate surface area is 206 Å². The number of amidine groups is 1. The van der Waals surface area contributed by atoms with Crippen LogP contribution < -0.4 is 5.32 Å². The second kappa shape index (κ2) is 13.3. The van der Waals surface area contributed by atoms with E-state index in [0.29, 0.717) is 48.2 Å². The molecule has 0 aliphatic heterocycles. The number of ether oxygens (including phenoxy) is 2. The molecule has 1 aromatic heterocycles.